The fraction of sp³-hybridized carbons (Fsp3) is 0.333. The number of quaternary nitrogens is 1. The van der Waals surface area contributed by atoms with Gasteiger partial charge in [0.15, 0.2) is 5.76 Å². The fourth-order valence-electron chi connectivity index (χ4n) is 3.74. The molecule has 5 nitrogen and oxygen atoms in total. The van der Waals surface area contributed by atoms with E-state index in [1.807, 2.05) is 54.4 Å². The summed E-state index contributed by atoms with van der Waals surface area (Å²) in [6.45, 7) is 2.22. The van der Waals surface area contributed by atoms with Crippen LogP contribution in [0.3, 0.4) is 0 Å². The van der Waals surface area contributed by atoms with Crippen molar-refractivity contribution in [2.75, 3.05) is 27.2 Å². The third-order valence-electron chi connectivity index (χ3n) is 5.40. The Kier molecular flexibility index (Phi) is 4.47. The number of carbonyl (C=O) groups is 1. The van der Waals surface area contributed by atoms with E-state index < -0.39 is 0 Å². The molecule has 0 spiro atoms. The number of likely N-dealkylation sites (tertiary alicyclic amines) is 1. The molecule has 0 saturated carbocycles. The van der Waals surface area contributed by atoms with Crippen molar-refractivity contribution in [1.82, 2.24) is 9.88 Å². The highest BCUT2D eigenvalue weighted by Crippen LogP contribution is 2.26. The van der Waals surface area contributed by atoms with Gasteiger partial charge in [-0.2, -0.15) is 0 Å². The summed E-state index contributed by atoms with van der Waals surface area (Å²) in [4.78, 5) is 21.5. The predicted octanol–water partition coefficient (Wildman–Crippen LogP) is 2.24. The Morgan fingerprint density at radius 2 is 1.96 bits per heavy atom. The van der Waals surface area contributed by atoms with E-state index in [-0.39, 0.29) is 5.91 Å². The number of piperidine rings is 1. The quantitative estimate of drug-likeness (QED) is 0.788. The van der Waals surface area contributed by atoms with Crippen LogP contribution in [-0.2, 0) is 0 Å². The van der Waals surface area contributed by atoms with Gasteiger partial charge in [-0.25, -0.2) is 4.98 Å². The molecule has 2 aromatic heterocycles. The molecule has 26 heavy (non-hydrogen) atoms. The van der Waals surface area contributed by atoms with Gasteiger partial charge < -0.3 is 14.2 Å². The first kappa shape index (κ1) is 16.8. The molecule has 1 aromatic carbocycles. The van der Waals surface area contributed by atoms with Gasteiger partial charge in [0.1, 0.15) is 5.69 Å². The zero-order valence-corrected chi connectivity index (χ0v) is 15.2. The van der Waals surface area contributed by atoms with Crippen molar-refractivity contribution in [1.29, 1.82) is 0 Å². The number of fused-ring (bicyclic) bond motifs is 1. The number of carbonyl (C=O) groups excluding carboxylic acids is 1. The summed E-state index contributed by atoms with van der Waals surface area (Å²) in [5.74, 6) is 0.733. The molecule has 0 atom stereocenters. The first-order valence-corrected chi connectivity index (χ1v) is 9.15. The van der Waals surface area contributed by atoms with Crippen LogP contribution >= 0.6 is 0 Å². The number of benzene rings is 1. The summed E-state index contributed by atoms with van der Waals surface area (Å²) in [7, 11) is 4.14. The van der Waals surface area contributed by atoms with Crippen LogP contribution in [0.2, 0.25) is 0 Å². The normalized spacial score (nSPS) is 20.2. The molecule has 134 valence electrons. The average Bonchev–Trinajstić information content (AvgIpc) is 3.21. The zero-order valence-electron chi connectivity index (χ0n) is 15.2. The number of hydrogen-bond acceptors (Lipinski definition) is 3. The molecule has 3 heterocycles. The van der Waals surface area contributed by atoms with Gasteiger partial charge in [0.05, 0.1) is 37.5 Å². The van der Waals surface area contributed by atoms with E-state index in [9.17, 15) is 4.79 Å². The molecule has 0 bridgehead atoms. The Labute approximate surface area is 153 Å². The van der Waals surface area contributed by atoms with Crippen LogP contribution in [0.15, 0.2) is 53.1 Å². The van der Waals surface area contributed by atoms with Crippen molar-refractivity contribution < 1.29 is 14.1 Å². The Morgan fingerprint density at radius 3 is 2.69 bits per heavy atom. The van der Waals surface area contributed by atoms with Crippen LogP contribution in [-0.4, -0.2) is 49.0 Å². The van der Waals surface area contributed by atoms with Gasteiger partial charge in [-0.15, -0.1) is 0 Å². The van der Waals surface area contributed by atoms with Crippen LogP contribution < -0.4 is 4.90 Å². The Balaban J connectivity index is 1.73. The minimum atomic E-state index is 0.0564. The number of amides is 1. The number of nitrogens with zero attached hydrogens (tertiary/aromatic N) is 2. The maximum atomic E-state index is 13.3. The summed E-state index contributed by atoms with van der Waals surface area (Å²) < 4.78 is 5.50. The molecule has 1 N–H and O–H groups in total. The van der Waals surface area contributed by atoms with Gasteiger partial charge in [0.25, 0.3) is 5.91 Å². The van der Waals surface area contributed by atoms with Gasteiger partial charge in [-0.1, -0.05) is 18.2 Å². The molecule has 0 aliphatic carbocycles. The zero-order chi connectivity index (χ0) is 18.1. The highest BCUT2D eigenvalue weighted by atomic mass is 16.3. The van der Waals surface area contributed by atoms with Crippen LogP contribution in [0.25, 0.3) is 22.4 Å². The van der Waals surface area contributed by atoms with E-state index in [2.05, 4.69) is 12.0 Å². The molecule has 3 aromatic rings. The monoisotopic (exact) mass is 350 g/mol. The van der Waals surface area contributed by atoms with Gasteiger partial charge >= 0.3 is 0 Å². The molecule has 0 radical (unpaired) electrons. The minimum Gasteiger partial charge on any atom is -0.463 e. The van der Waals surface area contributed by atoms with E-state index in [4.69, 9.17) is 4.42 Å². The Hall–Kier alpha value is -2.66. The molecular formula is C21H24N3O2+. The smallest absolute Gasteiger partial charge is 0.254 e. The van der Waals surface area contributed by atoms with Gasteiger partial charge in [-0.05, 0) is 24.3 Å². The lowest BCUT2D eigenvalue weighted by molar-refractivity contribution is -0.885. The fourth-order valence-corrected chi connectivity index (χ4v) is 3.74. The third kappa shape index (κ3) is 3.10. The van der Waals surface area contributed by atoms with Crippen molar-refractivity contribution in [3.05, 3.63) is 54.3 Å². The first-order valence-electron chi connectivity index (χ1n) is 9.15. The second-order valence-electron chi connectivity index (χ2n) is 7.15. The van der Waals surface area contributed by atoms with Crippen LogP contribution in [0.4, 0.5) is 0 Å². The lowest BCUT2D eigenvalue weighted by atomic mass is 10.0. The molecule has 1 fully saturated rings. The summed E-state index contributed by atoms with van der Waals surface area (Å²) >= 11 is 0. The summed E-state index contributed by atoms with van der Waals surface area (Å²) in [6.07, 6.45) is 3.71. The van der Waals surface area contributed by atoms with Crippen molar-refractivity contribution in [3.63, 3.8) is 0 Å². The molecule has 1 saturated heterocycles. The number of hydrogen-bond donors (Lipinski definition) is 1. The number of aromatic nitrogens is 1. The molecule has 0 unspecified atom stereocenters. The van der Waals surface area contributed by atoms with E-state index in [0.29, 0.717) is 23.1 Å². The topological polar surface area (TPSA) is 50.8 Å². The third-order valence-corrected chi connectivity index (χ3v) is 5.40. The number of rotatable bonds is 3. The van der Waals surface area contributed by atoms with Crippen molar-refractivity contribution in [2.24, 2.45) is 0 Å². The van der Waals surface area contributed by atoms with Crippen LogP contribution in [0.1, 0.15) is 23.2 Å². The van der Waals surface area contributed by atoms with Gasteiger partial charge in [-0.3, -0.25) is 4.79 Å². The van der Waals surface area contributed by atoms with E-state index in [0.717, 1.165) is 36.8 Å². The van der Waals surface area contributed by atoms with E-state index in [1.54, 1.807) is 6.26 Å². The number of furan rings is 1. The SMILES string of the molecule is CN(C(=O)c1cc(-c2ccco2)nc2ccccc12)C1CC[NH+](C)CC1. The minimum absolute atomic E-state index is 0.0564. The predicted molar refractivity (Wildman–Crippen MR) is 101 cm³/mol. The average molecular weight is 350 g/mol. The van der Waals surface area contributed by atoms with E-state index >= 15 is 0 Å². The maximum Gasteiger partial charge on any atom is 0.254 e. The second kappa shape index (κ2) is 6.92. The first-order chi connectivity index (χ1) is 12.6. The van der Waals surface area contributed by atoms with Crippen LogP contribution in [0, 0.1) is 0 Å². The number of para-hydroxylation sites is 1. The number of pyridine rings is 1. The molecule has 1 aliphatic heterocycles. The molecule has 1 amide bonds. The largest absolute Gasteiger partial charge is 0.463 e. The van der Waals surface area contributed by atoms with Crippen molar-refractivity contribution in [3.8, 4) is 11.5 Å². The lowest BCUT2D eigenvalue weighted by Crippen LogP contribution is -3.10. The highest BCUT2D eigenvalue weighted by molar-refractivity contribution is 6.07. The summed E-state index contributed by atoms with van der Waals surface area (Å²) in [6, 6.07) is 13.7. The van der Waals surface area contributed by atoms with Crippen molar-refractivity contribution in [2.45, 2.75) is 18.9 Å². The maximum absolute atomic E-state index is 13.3. The highest BCUT2D eigenvalue weighted by Gasteiger charge is 2.28. The molecule has 5 heteroatoms. The Bertz CT molecular complexity index is 912. The second-order valence-corrected chi connectivity index (χ2v) is 7.15. The molecule has 4 rings (SSSR count). The number of nitrogens with one attached hydrogen (secondary N) is 1. The van der Waals surface area contributed by atoms with E-state index in [1.165, 1.54) is 4.90 Å². The standard InChI is InChI=1S/C21H23N3O2/c1-23-11-9-15(10-12-23)24(2)21(25)17-14-19(20-8-5-13-26-20)22-18-7-4-3-6-16(17)18/h3-8,13-15H,9-12H2,1-2H3/p+1. The van der Waals surface area contributed by atoms with Gasteiger partial charge in [0, 0.05) is 31.3 Å². The Morgan fingerprint density at radius 1 is 1.19 bits per heavy atom. The molecular weight excluding hydrogens is 326 g/mol. The van der Waals surface area contributed by atoms with Gasteiger partial charge in [0.2, 0.25) is 0 Å². The van der Waals surface area contributed by atoms with Crippen LogP contribution in [0.5, 0.6) is 0 Å². The molecule has 1 aliphatic rings. The van der Waals surface area contributed by atoms with Crippen molar-refractivity contribution >= 4 is 16.8 Å². The summed E-state index contributed by atoms with van der Waals surface area (Å²) in [5, 5.41) is 0.887. The lowest BCUT2D eigenvalue weighted by Gasteiger charge is -2.33. The summed E-state index contributed by atoms with van der Waals surface area (Å²) in [5.41, 5.74) is 2.19.